The Bertz CT molecular complexity index is 443. The maximum atomic E-state index is 3.41. The summed E-state index contributed by atoms with van der Waals surface area (Å²) in [5.74, 6) is 0.603. The van der Waals surface area contributed by atoms with Crippen LogP contribution in [-0.2, 0) is 6.54 Å². The van der Waals surface area contributed by atoms with E-state index in [1.165, 1.54) is 16.8 Å². The van der Waals surface area contributed by atoms with Gasteiger partial charge in [-0.05, 0) is 29.2 Å². The molecule has 2 aromatic carbocycles. The van der Waals surface area contributed by atoms with Crippen LogP contribution >= 0.6 is 0 Å². The molecule has 0 amide bonds. The van der Waals surface area contributed by atoms with E-state index in [1.807, 2.05) is 18.2 Å². The minimum Gasteiger partial charge on any atom is -0.381 e. The van der Waals surface area contributed by atoms with Crippen molar-refractivity contribution in [1.82, 2.24) is 0 Å². The molecule has 0 saturated heterocycles. The van der Waals surface area contributed by atoms with Crippen molar-refractivity contribution in [3.63, 3.8) is 0 Å². The lowest BCUT2D eigenvalue weighted by Crippen LogP contribution is -1.99. The zero-order valence-electron chi connectivity index (χ0n) is 10.5. The van der Waals surface area contributed by atoms with Crippen molar-refractivity contribution in [3.05, 3.63) is 65.7 Å². The summed E-state index contributed by atoms with van der Waals surface area (Å²) in [6, 6.07) is 19.1. The Labute approximate surface area is 103 Å². The lowest BCUT2D eigenvalue weighted by molar-refractivity contribution is 0.865. The Hall–Kier alpha value is -1.76. The Morgan fingerprint density at radius 1 is 0.882 bits per heavy atom. The van der Waals surface area contributed by atoms with Gasteiger partial charge in [0.25, 0.3) is 0 Å². The van der Waals surface area contributed by atoms with Crippen LogP contribution in [0, 0.1) is 0 Å². The zero-order chi connectivity index (χ0) is 12.1. The van der Waals surface area contributed by atoms with Gasteiger partial charge < -0.3 is 5.32 Å². The van der Waals surface area contributed by atoms with E-state index in [4.69, 9.17) is 0 Å². The van der Waals surface area contributed by atoms with Crippen LogP contribution < -0.4 is 5.32 Å². The van der Waals surface area contributed by atoms with Gasteiger partial charge in [-0.1, -0.05) is 56.3 Å². The summed E-state index contributed by atoms with van der Waals surface area (Å²) < 4.78 is 0. The first kappa shape index (κ1) is 11.7. The minimum absolute atomic E-state index is 0.603. The van der Waals surface area contributed by atoms with E-state index < -0.39 is 0 Å². The highest BCUT2D eigenvalue weighted by atomic mass is 14.9. The Balaban J connectivity index is 1.96. The highest BCUT2D eigenvalue weighted by Gasteiger charge is 1.98. The van der Waals surface area contributed by atoms with Crippen molar-refractivity contribution in [2.24, 2.45) is 0 Å². The molecule has 17 heavy (non-hydrogen) atoms. The summed E-state index contributed by atoms with van der Waals surface area (Å²) in [5, 5.41) is 3.41. The van der Waals surface area contributed by atoms with Gasteiger partial charge in [0.1, 0.15) is 0 Å². The SMILES string of the molecule is CC(C)c1ccc(CNc2ccccc2)cc1. The van der Waals surface area contributed by atoms with E-state index in [0.29, 0.717) is 5.92 Å². The molecule has 0 unspecified atom stereocenters. The Kier molecular flexibility index (Phi) is 3.81. The van der Waals surface area contributed by atoms with Crippen LogP contribution in [0.15, 0.2) is 54.6 Å². The predicted octanol–water partition coefficient (Wildman–Crippen LogP) is 4.42. The van der Waals surface area contributed by atoms with Gasteiger partial charge in [-0.3, -0.25) is 0 Å². The lowest BCUT2D eigenvalue weighted by Gasteiger charge is -2.08. The molecule has 0 aliphatic carbocycles. The van der Waals surface area contributed by atoms with E-state index >= 15 is 0 Å². The maximum absolute atomic E-state index is 3.41. The summed E-state index contributed by atoms with van der Waals surface area (Å²) in [7, 11) is 0. The third-order valence-electron chi connectivity index (χ3n) is 2.92. The topological polar surface area (TPSA) is 12.0 Å². The van der Waals surface area contributed by atoms with E-state index in [0.717, 1.165) is 6.54 Å². The van der Waals surface area contributed by atoms with Gasteiger partial charge in [-0.15, -0.1) is 0 Å². The van der Waals surface area contributed by atoms with E-state index in [2.05, 4.69) is 55.6 Å². The number of benzene rings is 2. The van der Waals surface area contributed by atoms with Gasteiger partial charge in [-0.2, -0.15) is 0 Å². The van der Waals surface area contributed by atoms with Crippen LogP contribution in [0.3, 0.4) is 0 Å². The third kappa shape index (κ3) is 3.35. The molecule has 0 fully saturated rings. The van der Waals surface area contributed by atoms with Crippen molar-refractivity contribution < 1.29 is 0 Å². The molecule has 2 aromatic rings. The second kappa shape index (κ2) is 5.53. The second-order valence-corrected chi connectivity index (χ2v) is 4.62. The van der Waals surface area contributed by atoms with Gasteiger partial charge in [-0.25, -0.2) is 0 Å². The minimum atomic E-state index is 0.603. The van der Waals surface area contributed by atoms with Crippen LogP contribution in [0.5, 0.6) is 0 Å². The molecule has 0 aliphatic rings. The monoisotopic (exact) mass is 225 g/mol. The van der Waals surface area contributed by atoms with E-state index in [-0.39, 0.29) is 0 Å². The molecule has 1 N–H and O–H groups in total. The van der Waals surface area contributed by atoms with Gasteiger partial charge in [0.2, 0.25) is 0 Å². The average molecular weight is 225 g/mol. The number of rotatable bonds is 4. The van der Waals surface area contributed by atoms with Crippen LogP contribution in [0.2, 0.25) is 0 Å². The fraction of sp³-hybridized carbons (Fsp3) is 0.250. The molecule has 1 nitrogen and oxygen atoms in total. The smallest absolute Gasteiger partial charge is 0.0400 e. The van der Waals surface area contributed by atoms with E-state index in [1.54, 1.807) is 0 Å². The fourth-order valence-electron chi connectivity index (χ4n) is 1.78. The molecule has 0 bridgehead atoms. The molecular formula is C16H19N. The largest absolute Gasteiger partial charge is 0.381 e. The van der Waals surface area contributed by atoms with Crippen LogP contribution in [-0.4, -0.2) is 0 Å². The first-order chi connectivity index (χ1) is 8.25. The van der Waals surface area contributed by atoms with Gasteiger partial charge in [0, 0.05) is 12.2 Å². The highest BCUT2D eigenvalue weighted by Crippen LogP contribution is 2.15. The Morgan fingerprint density at radius 3 is 2.12 bits per heavy atom. The second-order valence-electron chi connectivity index (χ2n) is 4.62. The first-order valence-corrected chi connectivity index (χ1v) is 6.13. The van der Waals surface area contributed by atoms with Crippen molar-refractivity contribution in [3.8, 4) is 0 Å². The van der Waals surface area contributed by atoms with Gasteiger partial charge >= 0.3 is 0 Å². The maximum Gasteiger partial charge on any atom is 0.0400 e. The standard InChI is InChI=1S/C16H19N/c1-13(2)15-10-8-14(9-11-15)12-17-16-6-4-3-5-7-16/h3-11,13,17H,12H2,1-2H3. The quantitative estimate of drug-likeness (QED) is 0.812. The fourth-order valence-corrected chi connectivity index (χ4v) is 1.78. The normalized spacial score (nSPS) is 10.5. The summed E-state index contributed by atoms with van der Waals surface area (Å²) in [6.07, 6.45) is 0. The van der Waals surface area contributed by atoms with Crippen LogP contribution in [0.4, 0.5) is 5.69 Å². The van der Waals surface area contributed by atoms with Crippen molar-refractivity contribution in [2.45, 2.75) is 26.3 Å². The first-order valence-electron chi connectivity index (χ1n) is 6.13. The number of para-hydroxylation sites is 1. The van der Waals surface area contributed by atoms with Crippen molar-refractivity contribution in [1.29, 1.82) is 0 Å². The molecule has 0 spiro atoms. The van der Waals surface area contributed by atoms with E-state index in [9.17, 15) is 0 Å². The van der Waals surface area contributed by atoms with Crippen molar-refractivity contribution >= 4 is 5.69 Å². The van der Waals surface area contributed by atoms with Gasteiger partial charge in [0.05, 0.1) is 0 Å². The molecule has 88 valence electrons. The summed E-state index contributed by atoms with van der Waals surface area (Å²) in [5.41, 5.74) is 3.88. The molecule has 0 radical (unpaired) electrons. The summed E-state index contributed by atoms with van der Waals surface area (Å²) in [4.78, 5) is 0. The molecule has 0 aliphatic heterocycles. The number of nitrogens with one attached hydrogen (secondary N) is 1. The van der Waals surface area contributed by atoms with Crippen LogP contribution in [0.1, 0.15) is 30.9 Å². The lowest BCUT2D eigenvalue weighted by atomic mass is 10.0. The molecule has 0 heterocycles. The van der Waals surface area contributed by atoms with Gasteiger partial charge in [0.15, 0.2) is 0 Å². The number of hydrogen-bond acceptors (Lipinski definition) is 1. The molecule has 2 rings (SSSR count). The molecule has 0 saturated carbocycles. The Morgan fingerprint density at radius 2 is 1.53 bits per heavy atom. The zero-order valence-corrected chi connectivity index (χ0v) is 10.5. The third-order valence-corrected chi connectivity index (χ3v) is 2.92. The highest BCUT2D eigenvalue weighted by molar-refractivity contribution is 5.43. The molecule has 0 atom stereocenters. The number of hydrogen-bond donors (Lipinski definition) is 1. The summed E-state index contributed by atoms with van der Waals surface area (Å²) in [6.45, 7) is 5.32. The molecule has 0 aromatic heterocycles. The molecular weight excluding hydrogens is 206 g/mol. The van der Waals surface area contributed by atoms with Crippen molar-refractivity contribution in [2.75, 3.05) is 5.32 Å². The number of anilines is 1. The van der Waals surface area contributed by atoms with Crippen LogP contribution in [0.25, 0.3) is 0 Å². The average Bonchev–Trinajstić information content (AvgIpc) is 2.38. The molecule has 1 heteroatoms. The predicted molar refractivity (Wildman–Crippen MR) is 74.3 cm³/mol. The summed E-state index contributed by atoms with van der Waals surface area (Å²) >= 11 is 0.